The van der Waals surface area contributed by atoms with Crippen LogP contribution in [-0.4, -0.2) is 36.8 Å². The van der Waals surface area contributed by atoms with Crippen molar-refractivity contribution < 1.29 is 14.3 Å². The summed E-state index contributed by atoms with van der Waals surface area (Å²) >= 11 is 0. The Morgan fingerprint density at radius 1 is 1.58 bits per heavy atom. The minimum atomic E-state index is -0.387. The summed E-state index contributed by atoms with van der Waals surface area (Å²) in [6, 6.07) is 1.83. The normalized spacial score (nSPS) is 21.6. The molecule has 1 aromatic rings. The quantitative estimate of drug-likeness (QED) is 0.783. The van der Waals surface area contributed by atoms with Gasteiger partial charge in [-0.15, -0.1) is 0 Å². The molecule has 0 atom stereocenters. The number of carbonyl (C=O) groups is 1. The Bertz CT molecular complexity index is 458. The molecular formula is C13H19N3O3. The molecule has 0 unspecified atom stereocenters. The topological polar surface area (TPSA) is 86.5 Å². The number of aromatic nitrogens is 1. The zero-order chi connectivity index (χ0) is 13.8. The molecule has 1 aliphatic rings. The van der Waals surface area contributed by atoms with E-state index in [0.717, 1.165) is 12.8 Å². The lowest BCUT2D eigenvalue weighted by Gasteiger charge is -2.35. The van der Waals surface area contributed by atoms with Crippen molar-refractivity contribution in [1.29, 1.82) is 0 Å². The van der Waals surface area contributed by atoms with Crippen molar-refractivity contribution >= 4 is 17.5 Å². The van der Waals surface area contributed by atoms with Gasteiger partial charge < -0.3 is 20.5 Å². The molecule has 0 aromatic carbocycles. The van der Waals surface area contributed by atoms with Gasteiger partial charge in [-0.05, 0) is 25.8 Å². The van der Waals surface area contributed by atoms with E-state index in [1.165, 1.54) is 6.07 Å². The Hall–Kier alpha value is -1.82. The summed E-state index contributed by atoms with van der Waals surface area (Å²) in [7, 11) is 1.70. The van der Waals surface area contributed by atoms with E-state index in [2.05, 4.69) is 10.3 Å². The van der Waals surface area contributed by atoms with Crippen LogP contribution in [0.5, 0.6) is 0 Å². The van der Waals surface area contributed by atoms with Crippen LogP contribution in [0, 0.1) is 0 Å². The summed E-state index contributed by atoms with van der Waals surface area (Å²) < 4.78 is 10.2. The molecular weight excluding hydrogens is 246 g/mol. The molecule has 19 heavy (non-hydrogen) atoms. The zero-order valence-corrected chi connectivity index (χ0v) is 11.2. The number of esters is 1. The number of nitrogens with one attached hydrogen (secondary N) is 1. The number of carbonyl (C=O) groups excluding carboxylic acids is 1. The Kier molecular flexibility index (Phi) is 4.21. The van der Waals surface area contributed by atoms with Crippen LogP contribution in [0.15, 0.2) is 12.3 Å². The second-order valence-electron chi connectivity index (χ2n) is 4.55. The van der Waals surface area contributed by atoms with Gasteiger partial charge in [-0.25, -0.2) is 9.78 Å². The Balaban J connectivity index is 2.09. The number of nitrogen functional groups attached to an aromatic ring is 1. The average molecular weight is 265 g/mol. The number of nitrogens with two attached hydrogens (primary N) is 1. The number of pyridine rings is 1. The first-order valence-corrected chi connectivity index (χ1v) is 6.36. The van der Waals surface area contributed by atoms with E-state index in [-0.39, 0.29) is 5.97 Å². The van der Waals surface area contributed by atoms with Crippen LogP contribution < -0.4 is 11.1 Å². The van der Waals surface area contributed by atoms with Crippen molar-refractivity contribution in [2.45, 2.75) is 31.9 Å². The largest absolute Gasteiger partial charge is 0.462 e. The number of ether oxygens (including phenoxy) is 2. The number of rotatable bonds is 5. The molecule has 3 N–H and O–H groups in total. The fourth-order valence-corrected chi connectivity index (χ4v) is 2.06. The summed E-state index contributed by atoms with van der Waals surface area (Å²) in [6.07, 6.45) is 3.71. The van der Waals surface area contributed by atoms with Crippen molar-refractivity contribution in [2.75, 3.05) is 24.8 Å². The number of hydrogen-bond donors (Lipinski definition) is 2. The molecule has 1 saturated carbocycles. The minimum Gasteiger partial charge on any atom is -0.462 e. The lowest BCUT2D eigenvalue weighted by atomic mass is 9.89. The fourth-order valence-electron chi connectivity index (χ4n) is 2.06. The monoisotopic (exact) mass is 265 g/mol. The first-order valence-electron chi connectivity index (χ1n) is 6.36. The number of methoxy groups -OCH3 is 1. The van der Waals surface area contributed by atoms with Gasteiger partial charge in [0, 0.05) is 13.2 Å². The summed E-state index contributed by atoms with van der Waals surface area (Å²) in [5.74, 6) is -0.0845. The van der Waals surface area contributed by atoms with E-state index < -0.39 is 0 Å². The maximum atomic E-state index is 11.9. The van der Waals surface area contributed by atoms with E-state index in [4.69, 9.17) is 15.2 Å². The Morgan fingerprint density at radius 3 is 2.95 bits per heavy atom. The smallest absolute Gasteiger partial charge is 0.340 e. The molecule has 6 nitrogen and oxygen atoms in total. The van der Waals surface area contributed by atoms with Crippen LogP contribution in [0.2, 0.25) is 0 Å². The number of nitrogens with zero attached hydrogens (tertiary/aromatic N) is 1. The summed E-state index contributed by atoms with van der Waals surface area (Å²) in [5.41, 5.74) is 6.70. The zero-order valence-electron chi connectivity index (χ0n) is 11.2. The maximum absolute atomic E-state index is 11.9. The molecule has 0 amide bonds. The molecule has 1 heterocycles. The molecule has 1 aliphatic carbocycles. The number of anilines is 2. The fraction of sp³-hybridized carbons (Fsp3) is 0.538. The highest BCUT2D eigenvalue weighted by Crippen LogP contribution is 2.28. The van der Waals surface area contributed by atoms with Gasteiger partial charge in [0.2, 0.25) is 0 Å². The van der Waals surface area contributed by atoms with Crippen molar-refractivity contribution in [1.82, 2.24) is 4.98 Å². The van der Waals surface area contributed by atoms with Crippen LogP contribution in [0.3, 0.4) is 0 Å². The van der Waals surface area contributed by atoms with Crippen LogP contribution >= 0.6 is 0 Å². The lowest BCUT2D eigenvalue weighted by molar-refractivity contribution is 0.0328. The predicted molar refractivity (Wildman–Crippen MR) is 72.0 cm³/mol. The van der Waals surface area contributed by atoms with E-state index in [9.17, 15) is 4.79 Å². The van der Waals surface area contributed by atoms with Gasteiger partial charge in [0.25, 0.3) is 0 Å². The average Bonchev–Trinajstić information content (AvgIpc) is 2.35. The molecule has 0 aliphatic heterocycles. The SMILES string of the molecule is CCOC(=O)c1cc(N)ncc1NC1CC(OC)C1. The molecule has 0 bridgehead atoms. The Morgan fingerprint density at radius 2 is 2.32 bits per heavy atom. The standard InChI is InChI=1S/C13H19N3O3/c1-3-19-13(17)10-6-12(14)15-7-11(10)16-8-4-9(5-8)18-2/h6-9,16H,3-5H2,1-2H3,(H2,14,15). The van der Waals surface area contributed by atoms with Gasteiger partial charge in [0.15, 0.2) is 0 Å². The molecule has 2 rings (SSSR count). The number of hydrogen-bond acceptors (Lipinski definition) is 6. The summed E-state index contributed by atoms with van der Waals surface area (Å²) in [5, 5.41) is 3.28. The van der Waals surface area contributed by atoms with Gasteiger partial charge in [-0.3, -0.25) is 0 Å². The lowest BCUT2D eigenvalue weighted by Crippen LogP contribution is -2.40. The van der Waals surface area contributed by atoms with Crippen molar-refractivity contribution in [3.05, 3.63) is 17.8 Å². The Labute approximate surface area is 112 Å². The van der Waals surface area contributed by atoms with E-state index in [0.29, 0.717) is 35.8 Å². The molecule has 0 saturated heterocycles. The maximum Gasteiger partial charge on any atom is 0.340 e. The highest BCUT2D eigenvalue weighted by molar-refractivity contribution is 5.96. The third-order valence-corrected chi connectivity index (χ3v) is 3.21. The molecule has 6 heteroatoms. The molecule has 0 radical (unpaired) electrons. The molecule has 1 fully saturated rings. The van der Waals surface area contributed by atoms with Crippen LogP contribution in [0.25, 0.3) is 0 Å². The third kappa shape index (κ3) is 3.14. The minimum absolute atomic E-state index is 0.295. The van der Waals surface area contributed by atoms with E-state index in [1.807, 2.05) is 0 Å². The van der Waals surface area contributed by atoms with Gasteiger partial charge in [0.05, 0.1) is 30.2 Å². The van der Waals surface area contributed by atoms with Crippen molar-refractivity contribution in [3.8, 4) is 0 Å². The first-order chi connectivity index (χ1) is 9.13. The van der Waals surface area contributed by atoms with E-state index in [1.54, 1.807) is 20.2 Å². The highest BCUT2D eigenvalue weighted by Gasteiger charge is 2.30. The summed E-state index contributed by atoms with van der Waals surface area (Å²) in [4.78, 5) is 15.9. The third-order valence-electron chi connectivity index (χ3n) is 3.21. The van der Waals surface area contributed by atoms with Gasteiger partial charge in [0.1, 0.15) is 5.82 Å². The van der Waals surface area contributed by atoms with Crippen LogP contribution in [0.1, 0.15) is 30.1 Å². The second-order valence-corrected chi connectivity index (χ2v) is 4.55. The van der Waals surface area contributed by atoms with Crippen molar-refractivity contribution in [3.63, 3.8) is 0 Å². The molecule has 104 valence electrons. The summed E-state index contributed by atoms with van der Waals surface area (Å²) in [6.45, 7) is 2.10. The predicted octanol–water partition coefficient (Wildman–Crippen LogP) is 1.43. The van der Waals surface area contributed by atoms with E-state index >= 15 is 0 Å². The van der Waals surface area contributed by atoms with Gasteiger partial charge in [-0.1, -0.05) is 0 Å². The molecule has 1 aromatic heterocycles. The molecule has 0 spiro atoms. The van der Waals surface area contributed by atoms with Crippen LogP contribution in [-0.2, 0) is 9.47 Å². The van der Waals surface area contributed by atoms with Crippen molar-refractivity contribution in [2.24, 2.45) is 0 Å². The van der Waals surface area contributed by atoms with Crippen LogP contribution in [0.4, 0.5) is 11.5 Å². The van der Waals surface area contributed by atoms with Gasteiger partial charge >= 0.3 is 5.97 Å². The van der Waals surface area contributed by atoms with Gasteiger partial charge in [-0.2, -0.15) is 0 Å². The highest BCUT2D eigenvalue weighted by atomic mass is 16.5. The first kappa shape index (κ1) is 13.6. The second kappa shape index (κ2) is 5.88.